The Hall–Kier alpha value is -2.38. The summed E-state index contributed by atoms with van der Waals surface area (Å²) in [7, 11) is 4.16. The molecule has 1 heterocycles. The van der Waals surface area contributed by atoms with E-state index in [1.165, 1.54) is 19.1 Å². The summed E-state index contributed by atoms with van der Waals surface area (Å²) in [5.74, 6) is -0.0623. The fourth-order valence-electron chi connectivity index (χ4n) is 1.90. The summed E-state index contributed by atoms with van der Waals surface area (Å²) in [5.41, 5.74) is -0.393. The Bertz CT molecular complexity index is 608. The Morgan fingerprint density at radius 3 is 2.19 bits per heavy atom. The van der Waals surface area contributed by atoms with Crippen LogP contribution >= 0.6 is 0 Å². The summed E-state index contributed by atoms with van der Waals surface area (Å²) in [6, 6.07) is 6.61. The van der Waals surface area contributed by atoms with Crippen molar-refractivity contribution in [3.63, 3.8) is 0 Å². The number of methoxy groups -OCH3 is 2. The van der Waals surface area contributed by atoms with Crippen molar-refractivity contribution >= 4 is 11.5 Å². The summed E-state index contributed by atoms with van der Waals surface area (Å²) < 4.78 is 49.1. The van der Waals surface area contributed by atoms with E-state index in [-0.39, 0.29) is 5.82 Å². The van der Waals surface area contributed by atoms with Gasteiger partial charge in [-0.15, -0.1) is 5.10 Å². The summed E-state index contributed by atoms with van der Waals surface area (Å²) in [4.78, 5) is 1.35. The first-order valence-corrected chi connectivity index (χ1v) is 5.95. The quantitative estimate of drug-likeness (QED) is 0.942. The molecule has 0 saturated carbocycles. The number of aromatic amines is 1. The minimum absolute atomic E-state index is 0.190. The highest BCUT2D eigenvalue weighted by Crippen LogP contribution is 2.42. The van der Waals surface area contributed by atoms with E-state index in [9.17, 15) is 13.2 Å². The van der Waals surface area contributed by atoms with Gasteiger partial charge < -0.3 is 14.4 Å². The monoisotopic (exact) mass is 301 g/mol. The average Bonchev–Trinajstić information content (AvgIpc) is 2.90. The van der Waals surface area contributed by atoms with Gasteiger partial charge in [-0.3, -0.25) is 5.10 Å². The maximum Gasteiger partial charge on any atom is 0.425 e. The van der Waals surface area contributed by atoms with Crippen LogP contribution in [0.3, 0.4) is 0 Å². The van der Waals surface area contributed by atoms with Crippen LogP contribution < -0.4 is 14.4 Å². The van der Waals surface area contributed by atoms with Gasteiger partial charge in [-0.05, 0) is 24.3 Å². The number of nitrogens with zero attached hydrogens (tertiary/aromatic N) is 2. The number of hydrogen-bond donors (Lipinski definition) is 1. The predicted octanol–water partition coefficient (Wildman–Crippen LogP) is 3.21. The molecule has 0 amide bonds. The second kappa shape index (κ2) is 5.55. The molecular formula is C13H14F3N3O2. The smallest absolute Gasteiger partial charge is 0.425 e. The number of ether oxygens (including phenoxy) is 2. The Labute approximate surface area is 119 Å². The molecule has 1 aromatic carbocycles. The fourth-order valence-corrected chi connectivity index (χ4v) is 1.90. The zero-order valence-electron chi connectivity index (χ0n) is 11.7. The lowest BCUT2D eigenvalue weighted by Crippen LogP contribution is -2.16. The van der Waals surface area contributed by atoms with E-state index in [2.05, 4.69) is 14.9 Å². The molecule has 21 heavy (non-hydrogen) atoms. The Balaban J connectivity index is 2.43. The maximum absolute atomic E-state index is 13.1. The van der Waals surface area contributed by atoms with Gasteiger partial charge >= 0.3 is 6.18 Å². The number of nitrogens with one attached hydrogen (secondary N) is 1. The minimum Gasteiger partial charge on any atom is -0.497 e. The van der Waals surface area contributed by atoms with Gasteiger partial charge in [0.25, 0.3) is 0 Å². The molecule has 0 bridgehead atoms. The molecular weight excluding hydrogens is 287 g/mol. The third-order valence-electron chi connectivity index (χ3n) is 2.99. The normalized spacial score (nSPS) is 11.3. The van der Waals surface area contributed by atoms with E-state index in [1.54, 1.807) is 24.3 Å². The molecule has 0 aliphatic heterocycles. The van der Waals surface area contributed by atoms with Gasteiger partial charge in [0.2, 0.25) is 5.88 Å². The minimum atomic E-state index is -4.57. The highest BCUT2D eigenvalue weighted by molar-refractivity contribution is 5.65. The molecule has 1 aromatic heterocycles. The van der Waals surface area contributed by atoms with Gasteiger partial charge in [-0.1, -0.05) is 0 Å². The topological polar surface area (TPSA) is 50.4 Å². The van der Waals surface area contributed by atoms with E-state index >= 15 is 0 Å². The molecule has 2 rings (SSSR count). The number of hydrogen-bond acceptors (Lipinski definition) is 4. The van der Waals surface area contributed by atoms with E-state index in [0.29, 0.717) is 11.4 Å². The Morgan fingerprint density at radius 1 is 1.10 bits per heavy atom. The van der Waals surface area contributed by atoms with Crippen LogP contribution in [0, 0.1) is 0 Å². The lowest BCUT2D eigenvalue weighted by molar-refractivity contribution is -0.138. The third kappa shape index (κ3) is 2.88. The van der Waals surface area contributed by atoms with Crippen LogP contribution in [-0.4, -0.2) is 31.5 Å². The second-order valence-electron chi connectivity index (χ2n) is 4.21. The third-order valence-corrected chi connectivity index (χ3v) is 2.99. The SMILES string of the molecule is COc1ccc(N(C)c2[nH]nc(OC)c2C(F)(F)F)cc1. The molecule has 0 saturated heterocycles. The molecule has 0 atom stereocenters. The predicted molar refractivity (Wildman–Crippen MR) is 71.2 cm³/mol. The summed E-state index contributed by atoms with van der Waals surface area (Å²) in [5, 5.41) is 5.91. The van der Waals surface area contributed by atoms with E-state index < -0.39 is 17.6 Å². The summed E-state index contributed by atoms with van der Waals surface area (Å²) in [6.45, 7) is 0. The Kier molecular flexibility index (Phi) is 3.97. The molecule has 0 aliphatic carbocycles. The lowest BCUT2D eigenvalue weighted by Gasteiger charge is -2.20. The molecule has 5 nitrogen and oxygen atoms in total. The number of alkyl halides is 3. The zero-order valence-corrected chi connectivity index (χ0v) is 11.7. The van der Waals surface area contributed by atoms with Gasteiger partial charge in [-0.25, -0.2) is 0 Å². The van der Waals surface area contributed by atoms with E-state index in [0.717, 1.165) is 7.11 Å². The molecule has 0 unspecified atom stereocenters. The first-order valence-electron chi connectivity index (χ1n) is 5.95. The van der Waals surface area contributed by atoms with Gasteiger partial charge in [0, 0.05) is 12.7 Å². The average molecular weight is 301 g/mol. The first kappa shape index (κ1) is 15.0. The number of benzene rings is 1. The van der Waals surface area contributed by atoms with Crippen LogP contribution in [0.25, 0.3) is 0 Å². The van der Waals surface area contributed by atoms with Crippen molar-refractivity contribution in [2.75, 3.05) is 26.2 Å². The van der Waals surface area contributed by atoms with Crippen molar-refractivity contribution in [1.29, 1.82) is 0 Å². The molecule has 1 N–H and O–H groups in total. The standard InChI is InChI=1S/C13H14F3N3O2/c1-19(8-4-6-9(20-2)7-5-8)11-10(13(14,15)16)12(21-3)18-17-11/h4-7H,1-3H3,(H,17,18). The van der Waals surface area contributed by atoms with Crippen molar-refractivity contribution in [2.45, 2.75) is 6.18 Å². The van der Waals surface area contributed by atoms with Crippen molar-refractivity contribution in [2.24, 2.45) is 0 Å². The van der Waals surface area contributed by atoms with Crippen LogP contribution in [-0.2, 0) is 6.18 Å². The Morgan fingerprint density at radius 2 is 1.71 bits per heavy atom. The van der Waals surface area contributed by atoms with Gasteiger partial charge in [0.1, 0.15) is 11.6 Å². The largest absolute Gasteiger partial charge is 0.497 e. The van der Waals surface area contributed by atoms with Gasteiger partial charge in [0.05, 0.1) is 14.2 Å². The highest BCUT2D eigenvalue weighted by atomic mass is 19.4. The zero-order chi connectivity index (χ0) is 15.6. The van der Waals surface area contributed by atoms with Crippen LogP contribution in [0.15, 0.2) is 24.3 Å². The maximum atomic E-state index is 13.1. The second-order valence-corrected chi connectivity index (χ2v) is 4.21. The number of anilines is 2. The molecule has 114 valence electrons. The van der Waals surface area contributed by atoms with Crippen LogP contribution in [0.4, 0.5) is 24.7 Å². The van der Waals surface area contributed by atoms with Crippen molar-refractivity contribution in [3.8, 4) is 11.6 Å². The van der Waals surface area contributed by atoms with Crippen LogP contribution in [0.1, 0.15) is 5.56 Å². The molecule has 0 fully saturated rings. The van der Waals surface area contributed by atoms with E-state index in [1.807, 2.05) is 0 Å². The van der Waals surface area contributed by atoms with Crippen LogP contribution in [0.2, 0.25) is 0 Å². The molecule has 2 aromatic rings. The lowest BCUT2D eigenvalue weighted by atomic mass is 10.2. The molecule has 0 radical (unpaired) electrons. The summed E-state index contributed by atoms with van der Waals surface area (Å²) in [6.07, 6.45) is -4.57. The van der Waals surface area contributed by atoms with Gasteiger partial charge in [0.15, 0.2) is 5.56 Å². The van der Waals surface area contributed by atoms with E-state index in [4.69, 9.17) is 4.74 Å². The molecule has 0 aliphatic rings. The van der Waals surface area contributed by atoms with Gasteiger partial charge in [-0.2, -0.15) is 13.2 Å². The van der Waals surface area contributed by atoms with Crippen molar-refractivity contribution in [3.05, 3.63) is 29.8 Å². The fraction of sp³-hybridized carbons (Fsp3) is 0.308. The molecule has 0 spiro atoms. The number of rotatable bonds is 4. The van der Waals surface area contributed by atoms with Crippen molar-refractivity contribution < 1.29 is 22.6 Å². The first-order chi connectivity index (χ1) is 9.88. The van der Waals surface area contributed by atoms with Crippen LogP contribution in [0.5, 0.6) is 11.6 Å². The summed E-state index contributed by atoms with van der Waals surface area (Å²) >= 11 is 0. The molecule has 8 heteroatoms. The highest BCUT2D eigenvalue weighted by Gasteiger charge is 2.41. The number of halogens is 3. The number of H-pyrrole nitrogens is 1. The number of aromatic nitrogens is 2. The van der Waals surface area contributed by atoms with Crippen molar-refractivity contribution in [1.82, 2.24) is 10.2 Å².